The Morgan fingerprint density at radius 2 is 1.50 bits per heavy atom. The molecule has 30 heavy (non-hydrogen) atoms. The van der Waals surface area contributed by atoms with E-state index in [0.29, 0.717) is 36.2 Å². The number of aryl methyl sites for hydroxylation is 2. The van der Waals surface area contributed by atoms with Crippen molar-refractivity contribution in [3.05, 3.63) is 70.3 Å². The molecule has 0 radical (unpaired) electrons. The van der Waals surface area contributed by atoms with Gasteiger partial charge in [-0.15, -0.1) is 0 Å². The largest absolute Gasteiger partial charge is 0.444 e. The number of ether oxygens (including phenoxy) is 1. The molecule has 0 aliphatic rings. The summed E-state index contributed by atoms with van der Waals surface area (Å²) in [5.74, 6) is -0.504. The molecule has 2 rings (SSSR count). The van der Waals surface area contributed by atoms with E-state index in [0.717, 1.165) is 11.1 Å². The van der Waals surface area contributed by atoms with Gasteiger partial charge in [0.05, 0.1) is 5.56 Å². The molecule has 0 aliphatic carbocycles. The molecule has 0 aromatic heterocycles. The summed E-state index contributed by atoms with van der Waals surface area (Å²) in [6.07, 6.45) is 0.0521. The molecule has 6 heteroatoms. The van der Waals surface area contributed by atoms with Crippen molar-refractivity contribution < 1.29 is 19.1 Å². The second-order valence-corrected chi connectivity index (χ2v) is 8.21. The maximum atomic E-state index is 13.0. The van der Waals surface area contributed by atoms with Gasteiger partial charge in [0.1, 0.15) is 5.60 Å². The summed E-state index contributed by atoms with van der Waals surface area (Å²) >= 11 is 0. The quantitative estimate of drug-likeness (QED) is 0.530. The van der Waals surface area contributed by atoms with Crippen LogP contribution in [0.3, 0.4) is 0 Å². The van der Waals surface area contributed by atoms with E-state index in [1.54, 1.807) is 51.1 Å². The summed E-state index contributed by atoms with van der Waals surface area (Å²) in [6, 6.07) is 12.3. The van der Waals surface area contributed by atoms with E-state index in [9.17, 15) is 14.4 Å². The molecule has 2 aromatic rings. The molecule has 0 saturated carbocycles. The lowest BCUT2D eigenvalue weighted by molar-refractivity contribution is 0.0527. The van der Waals surface area contributed by atoms with Crippen molar-refractivity contribution in [3.8, 4) is 0 Å². The lowest BCUT2D eigenvalue weighted by Gasteiger charge is -2.19. The first-order valence-corrected chi connectivity index (χ1v) is 10.0. The van der Waals surface area contributed by atoms with Crippen molar-refractivity contribution in [2.24, 2.45) is 0 Å². The van der Waals surface area contributed by atoms with Crippen LogP contribution in [0.4, 0.5) is 4.79 Å². The van der Waals surface area contributed by atoms with Gasteiger partial charge in [-0.2, -0.15) is 0 Å². The summed E-state index contributed by atoms with van der Waals surface area (Å²) < 4.78 is 5.16. The number of carbonyl (C=O) groups excluding carboxylic acids is 3. The van der Waals surface area contributed by atoms with Crippen molar-refractivity contribution in [3.63, 3.8) is 0 Å². The first-order chi connectivity index (χ1) is 14.1. The average Bonchev–Trinajstić information content (AvgIpc) is 2.67. The van der Waals surface area contributed by atoms with Gasteiger partial charge in [-0.1, -0.05) is 30.3 Å². The van der Waals surface area contributed by atoms with Gasteiger partial charge in [-0.05, 0) is 64.3 Å². The van der Waals surface area contributed by atoms with Crippen LogP contribution in [0.2, 0.25) is 0 Å². The zero-order chi connectivity index (χ0) is 22.3. The maximum absolute atomic E-state index is 13.0. The average molecular weight is 411 g/mol. The van der Waals surface area contributed by atoms with Crippen LogP contribution < -0.4 is 10.6 Å². The van der Waals surface area contributed by atoms with Crippen LogP contribution in [0, 0.1) is 13.8 Å². The zero-order valence-electron chi connectivity index (χ0n) is 18.3. The van der Waals surface area contributed by atoms with E-state index in [2.05, 4.69) is 10.6 Å². The summed E-state index contributed by atoms with van der Waals surface area (Å²) in [5.41, 5.74) is 2.84. The molecule has 0 spiro atoms. The Hall–Kier alpha value is -3.15. The molecule has 0 atom stereocenters. The summed E-state index contributed by atoms with van der Waals surface area (Å²) in [7, 11) is 0. The third-order valence-electron chi connectivity index (χ3n) is 4.49. The predicted molar refractivity (Wildman–Crippen MR) is 117 cm³/mol. The number of amides is 2. The highest BCUT2D eigenvalue weighted by Crippen LogP contribution is 2.17. The van der Waals surface area contributed by atoms with Gasteiger partial charge >= 0.3 is 6.09 Å². The third kappa shape index (κ3) is 6.72. The minimum atomic E-state index is -0.551. The Morgan fingerprint density at radius 3 is 2.13 bits per heavy atom. The molecule has 0 aliphatic heterocycles. The minimum Gasteiger partial charge on any atom is -0.444 e. The van der Waals surface area contributed by atoms with E-state index in [-0.39, 0.29) is 11.7 Å². The highest BCUT2D eigenvalue weighted by Gasteiger charge is 2.18. The number of carbonyl (C=O) groups is 3. The number of hydrogen-bond donors (Lipinski definition) is 2. The fourth-order valence-electron chi connectivity index (χ4n) is 2.81. The van der Waals surface area contributed by atoms with Crippen LogP contribution in [-0.4, -0.2) is 36.5 Å². The number of ketones is 1. The summed E-state index contributed by atoms with van der Waals surface area (Å²) in [4.78, 5) is 37.2. The van der Waals surface area contributed by atoms with Crippen molar-refractivity contribution in [2.75, 3.05) is 13.1 Å². The van der Waals surface area contributed by atoms with E-state index >= 15 is 0 Å². The van der Waals surface area contributed by atoms with Crippen LogP contribution >= 0.6 is 0 Å². The van der Waals surface area contributed by atoms with E-state index in [4.69, 9.17) is 4.74 Å². The van der Waals surface area contributed by atoms with Crippen LogP contribution in [0.15, 0.2) is 42.5 Å². The molecule has 0 bridgehead atoms. The fraction of sp³-hybridized carbons (Fsp3) is 0.375. The highest BCUT2D eigenvalue weighted by atomic mass is 16.6. The van der Waals surface area contributed by atoms with E-state index < -0.39 is 11.7 Å². The van der Waals surface area contributed by atoms with Crippen LogP contribution in [-0.2, 0) is 4.74 Å². The molecule has 0 unspecified atom stereocenters. The van der Waals surface area contributed by atoms with Gasteiger partial charge in [0, 0.05) is 24.2 Å². The normalized spacial score (nSPS) is 11.0. The fourth-order valence-corrected chi connectivity index (χ4v) is 2.81. The molecule has 2 aromatic carbocycles. The van der Waals surface area contributed by atoms with Gasteiger partial charge < -0.3 is 15.4 Å². The number of rotatable bonds is 7. The molecular weight excluding hydrogens is 380 g/mol. The number of hydrogen-bond acceptors (Lipinski definition) is 4. The van der Waals surface area contributed by atoms with Crippen molar-refractivity contribution in [2.45, 2.75) is 46.6 Å². The van der Waals surface area contributed by atoms with Gasteiger partial charge in [0.15, 0.2) is 5.78 Å². The Balaban J connectivity index is 1.95. The van der Waals surface area contributed by atoms with Crippen LogP contribution in [0.25, 0.3) is 0 Å². The van der Waals surface area contributed by atoms with Crippen molar-refractivity contribution in [1.29, 1.82) is 0 Å². The summed E-state index contributed by atoms with van der Waals surface area (Å²) in [6.45, 7) is 10.1. The van der Waals surface area contributed by atoms with E-state index in [1.807, 2.05) is 26.0 Å². The second-order valence-electron chi connectivity index (χ2n) is 8.21. The molecular formula is C24H30N2O4. The number of nitrogens with one attached hydrogen (secondary N) is 2. The van der Waals surface area contributed by atoms with Gasteiger partial charge in [0.25, 0.3) is 5.91 Å². The second kappa shape index (κ2) is 10.1. The summed E-state index contributed by atoms with van der Waals surface area (Å²) in [5, 5.41) is 5.45. The smallest absolute Gasteiger partial charge is 0.407 e. The third-order valence-corrected chi connectivity index (χ3v) is 4.49. The van der Waals surface area contributed by atoms with E-state index in [1.165, 1.54) is 0 Å². The molecule has 2 N–H and O–H groups in total. The standard InChI is InChI=1S/C24H30N2O4/c1-16-11-12-18(15-17(16)2)21(27)19-9-6-7-10-20(19)22(28)25-13-8-14-26-23(29)30-24(3,4)5/h6-7,9-12,15H,8,13-14H2,1-5H3,(H,25,28)(H,26,29). The number of alkyl carbamates (subject to hydrolysis) is 1. The first-order valence-electron chi connectivity index (χ1n) is 10.0. The van der Waals surface area contributed by atoms with Crippen molar-refractivity contribution in [1.82, 2.24) is 10.6 Å². The van der Waals surface area contributed by atoms with Gasteiger partial charge in [-0.25, -0.2) is 4.79 Å². The lowest BCUT2D eigenvalue weighted by Crippen LogP contribution is -2.34. The minimum absolute atomic E-state index is 0.185. The first kappa shape index (κ1) is 23.1. The van der Waals surface area contributed by atoms with Crippen molar-refractivity contribution >= 4 is 17.8 Å². The zero-order valence-corrected chi connectivity index (χ0v) is 18.3. The molecule has 0 saturated heterocycles. The Kier molecular flexibility index (Phi) is 7.75. The molecule has 0 heterocycles. The Bertz CT molecular complexity index is 929. The predicted octanol–water partition coefficient (Wildman–Crippen LogP) is 4.18. The lowest BCUT2D eigenvalue weighted by atomic mass is 9.95. The SMILES string of the molecule is Cc1ccc(C(=O)c2ccccc2C(=O)NCCCNC(=O)OC(C)(C)C)cc1C. The molecule has 0 fully saturated rings. The van der Waals surface area contributed by atoms with Gasteiger partial charge in [0.2, 0.25) is 0 Å². The topological polar surface area (TPSA) is 84.5 Å². The van der Waals surface area contributed by atoms with Crippen LogP contribution in [0.1, 0.15) is 64.6 Å². The Morgan fingerprint density at radius 1 is 0.867 bits per heavy atom. The molecule has 6 nitrogen and oxygen atoms in total. The highest BCUT2D eigenvalue weighted by molar-refractivity contribution is 6.15. The maximum Gasteiger partial charge on any atom is 0.407 e. The Labute approximate surface area is 178 Å². The number of benzene rings is 2. The van der Waals surface area contributed by atoms with Gasteiger partial charge in [-0.3, -0.25) is 9.59 Å². The molecule has 160 valence electrons. The molecule has 2 amide bonds. The van der Waals surface area contributed by atoms with Crippen LogP contribution in [0.5, 0.6) is 0 Å². The monoisotopic (exact) mass is 410 g/mol.